The Hall–Kier alpha value is -3.14. The number of methoxy groups -OCH3 is 1. The molecule has 0 unspecified atom stereocenters. The van der Waals surface area contributed by atoms with E-state index in [1.807, 2.05) is 4.90 Å². The van der Waals surface area contributed by atoms with Crippen LogP contribution in [0.3, 0.4) is 0 Å². The minimum Gasteiger partial charge on any atom is -0.492 e. The summed E-state index contributed by atoms with van der Waals surface area (Å²) in [4.78, 5) is 39.8. The number of benzene rings is 1. The predicted octanol–water partition coefficient (Wildman–Crippen LogP) is 2.56. The molecule has 5 rings (SSSR count). The molecule has 0 spiro atoms. The van der Waals surface area contributed by atoms with Crippen LogP contribution in [0.2, 0.25) is 0 Å². The highest BCUT2D eigenvalue weighted by Crippen LogP contribution is 2.45. The minimum absolute atomic E-state index is 0.00426. The van der Waals surface area contributed by atoms with Gasteiger partial charge in [-0.05, 0) is 44.2 Å². The monoisotopic (exact) mass is 473 g/mol. The van der Waals surface area contributed by atoms with Gasteiger partial charge in [-0.25, -0.2) is 9.18 Å². The third kappa shape index (κ3) is 3.79. The second-order valence-electron chi connectivity index (χ2n) is 9.51. The van der Waals surface area contributed by atoms with E-state index in [1.54, 1.807) is 4.57 Å². The van der Waals surface area contributed by atoms with Gasteiger partial charge in [0.05, 0.1) is 24.4 Å². The Morgan fingerprint density at radius 3 is 2.62 bits per heavy atom. The van der Waals surface area contributed by atoms with Gasteiger partial charge in [0, 0.05) is 37.9 Å². The average molecular weight is 474 g/mol. The zero-order valence-corrected chi connectivity index (χ0v) is 19.0. The largest absolute Gasteiger partial charge is 0.492 e. The first kappa shape index (κ1) is 22.6. The lowest BCUT2D eigenvalue weighted by molar-refractivity contribution is -0.137. The summed E-state index contributed by atoms with van der Waals surface area (Å²) in [7, 11) is 1.44. The van der Waals surface area contributed by atoms with E-state index in [9.17, 15) is 19.5 Å². The number of likely N-dealkylation sites (tertiary alicyclic amines) is 1. The molecule has 182 valence electrons. The number of fused-ring (bicyclic) bond motifs is 2. The third-order valence-electron chi connectivity index (χ3n) is 7.40. The van der Waals surface area contributed by atoms with Gasteiger partial charge in [-0.15, -0.1) is 0 Å². The van der Waals surface area contributed by atoms with Gasteiger partial charge in [-0.2, -0.15) is 0 Å². The highest BCUT2D eigenvalue weighted by atomic mass is 19.1. The van der Waals surface area contributed by atoms with Crippen molar-refractivity contribution in [2.45, 2.75) is 44.2 Å². The fourth-order valence-corrected chi connectivity index (χ4v) is 5.70. The van der Waals surface area contributed by atoms with Crippen LogP contribution in [0.1, 0.15) is 48.5 Å². The van der Waals surface area contributed by atoms with Crippen LogP contribution in [-0.2, 0) is 4.79 Å². The molecule has 2 aromatic rings. The number of anilines is 1. The summed E-state index contributed by atoms with van der Waals surface area (Å²) in [5.41, 5.74) is -0.401. The van der Waals surface area contributed by atoms with E-state index < -0.39 is 23.2 Å². The van der Waals surface area contributed by atoms with Crippen molar-refractivity contribution in [1.29, 1.82) is 0 Å². The Balaban J connectivity index is 1.59. The van der Waals surface area contributed by atoms with E-state index in [-0.39, 0.29) is 46.8 Å². The Bertz CT molecular complexity index is 1220. The van der Waals surface area contributed by atoms with Crippen LogP contribution < -0.4 is 15.1 Å². The number of pyridine rings is 1. The fraction of sp³-hybridized carbons (Fsp3) is 0.542. The first-order valence-electron chi connectivity index (χ1n) is 11.7. The molecule has 3 heterocycles. The molecule has 2 atom stereocenters. The van der Waals surface area contributed by atoms with Gasteiger partial charge < -0.3 is 24.4 Å². The second kappa shape index (κ2) is 8.57. The molecule has 1 aromatic carbocycles. The lowest BCUT2D eigenvalue weighted by atomic mass is 9.92. The van der Waals surface area contributed by atoms with Crippen LogP contribution in [0, 0.1) is 11.7 Å². The van der Waals surface area contributed by atoms with Crippen LogP contribution in [0.25, 0.3) is 10.9 Å². The number of aliphatic carboxylic acids is 1. The number of carbonyl (C=O) groups is 2. The van der Waals surface area contributed by atoms with E-state index in [0.29, 0.717) is 25.2 Å². The lowest BCUT2D eigenvalue weighted by Gasteiger charge is -2.36. The number of hydrogen-bond acceptors (Lipinski definition) is 6. The summed E-state index contributed by atoms with van der Waals surface area (Å²) in [6.45, 7) is 2.41. The van der Waals surface area contributed by atoms with Crippen LogP contribution in [0.15, 0.2) is 17.1 Å². The number of piperidine rings is 1. The number of rotatable bonds is 7. The van der Waals surface area contributed by atoms with Gasteiger partial charge in [0.25, 0.3) is 0 Å². The molecule has 1 aromatic heterocycles. The van der Waals surface area contributed by atoms with Crippen LogP contribution >= 0.6 is 0 Å². The minimum atomic E-state index is -1.34. The molecule has 2 N–H and O–H groups in total. The van der Waals surface area contributed by atoms with Crippen molar-refractivity contribution in [3.63, 3.8) is 0 Å². The van der Waals surface area contributed by atoms with Crippen LogP contribution in [0.5, 0.6) is 5.75 Å². The van der Waals surface area contributed by atoms with E-state index in [4.69, 9.17) is 9.84 Å². The van der Waals surface area contributed by atoms with Gasteiger partial charge in [-0.1, -0.05) is 0 Å². The maximum absolute atomic E-state index is 15.6. The average Bonchev–Trinajstić information content (AvgIpc) is 3.55. The molecule has 2 aliphatic heterocycles. The predicted molar refractivity (Wildman–Crippen MR) is 122 cm³/mol. The highest BCUT2D eigenvalue weighted by Gasteiger charge is 2.41. The molecular weight excluding hydrogens is 445 g/mol. The molecule has 3 fully saturated rings. The number of ether oxygens (including phenoxy) is 1. The zero-order chi connectivity index (χ0) is 24.1. The smallest absolute Gasteiger partial charge is 0.341 e. The van der Waals surface area contributed by atoms with Gasteiger partial charge >= 0.3 is 11.9 Å². The van der Waals surface area contributed by atoms with Crippen molar-refractivity contribution in [3.8, 4) is 5.75 Å². The normalized spacial score (nSPS) is 22.7. The molecule has 34 heavy (non-hydrogen) atoms. The summed E-state index contributed by atoms with van der Waals surface area (Å²) in [6, 6.07) is 1.30. The Morgan fingerprint density at radius 2 is 1.97 bits per heavy atom. The first-order valence-corrected chi connectivity index (χ1v) is 11.7. The van der Waals surface area contributed by atoms with Crippen molar-refractivity contribution >= 4 is 28.5 Å². The number of hydrogen-bond donors (Lipinski definition) is 2. The molecule has 0 bridgehead atoms. The van der Waals surface area contributed by atoms with Gasteiger partial charge in [-0.3, -0.25) is 14.5 Å². The van der Waals surface area contributed by atoms with Gasteiger partial charge in [0.15, 0.2) is 11.6 Å². The van der Waals surface area contributed by atoms with Crippen molar-refractivity contribution in [3.05, 3.63) is 33.9 Å². The summed E-state index contributed by atoms with van der Waals surface area (Å²) >= 11 is 0. The molecule has 0 amide bonds. The molecule has 1 saturated carbocycles. The van der Waals surface area contributed by atoms with Crippen molar-refractivity contribution in [1.82, 2.24) is 9.47 Å². The Labute approximate surface area is 195 Å². The summed E-state index contributed by atoms with van der Waals surface area (Å²) < 4.78 is 23.1. The Kier molecular flexibility index (Phi) is 5.71. The number of nitrogens with zero attached hydrogens (tertiary/aromatic N) is 3. The fourth-order valence-electron chi connectivity index (χ4n) is 5.70. The van der Waals surface area contributed by atoms with Crippen molar-refractivity contribution in [2.75, 3.05) is 38.2 Å². The molecule has 0 radical (unpaired) electrons. The SMILES string of the molecule is COc1c(N2C[C@@H]3CCCN(CCC(=O)O)[C@@H]3C2)c(F)cc2c(=O)c(C(=O)O)cn(C3CC3)c12. The molecular formula is C24H28FN3O6. The quantitative estimate of drug-likeness (QED) is 0.631. The summed E-state index contributed by atoms with van der Waals surface area (Å²) in [5, 5.41) is 18.6. The summed E-state index contributed by atoms with van der Waals surface area (Å²) in [6.07, 6.45) is 5.06. The number of halogens is 1. The van der Waals surface area contributed by atoms with E-state index >= 15 is 4.39 Å². The van der Waals surface area contributed by atoms with Crippen LogP contribution in [0.4, 0.5) is 10.1 Å². The molecule has 3 aliphatic rings. The van der Waals surface area contributed by atoms with Crippen molar-refractivity contribution < 1.29 is 28.9 Å². The number of aromatic nitrogens is 1. The topological polar surface area (TPSA) is 112 Å². The number of carboxylic acids is 2. The number of carboxylic acid groups (broad SMARTS) is 2. The third-order valence-corrected chi connectivity index (χ3v) is 7.40. The van der Waals surface area contributed by atoms with Crippen LogP contribution in [-0.4, -0.2) is 70.9 Å². The summed E-state index contributed by atoms with van der Waals surface area (Å²) in [5.74, 6) is -2.27. The van der Waals surface area contributed by atoms with Crippen molar-refractivity contribution in [2.24, 2.45) is 5.92 Å². The van der Waals surface area contributed by atoms with E-state index in [0.717, 1.165) is 38.3 Å². The van der Waals surface area contributed by atoms with E-state index in [1.165, 1.54) is 13.3 Å². The van der Waals surface area contributed by atoms with E-state index in [2.05, 4.69) is 4.90 Å². The lowest BCUT2D eigenvalue weighted by Crippen LogP contribution is -2.45. The molecule has 1 aliphatic carbocycles. The first-order chi connectivity index (χ1) is 16.3. The van der Waals surface area contributed by atoms with Gasteiger partial charge in [0.1, 0.15) is 11.3 Å². The zero-order valence-electron chi connectivity index (χ0n) is 19.0. The standard InChI is InChI=1S/C24H28FN3O6/c1-34-23-20-15(22(31)16(24(32)33)11-28(20)14-4-5-14)9-17(25)21(23)27-10-13-3-2-7-26(18(13)12-27)8-6-19(29)30/h9,11,13-14,18H,2-8,10,12H2,1H3,(H,29,30)(H,32,33)/t13-,18+/m0/s1. The Morgan fingerprint density at radius 1 is 1.21 bits per heavy atom. The maximum Gasteiger partial charge on any atom is 0.341 e. The highest BCUT2D eigenvalue weighted by molar-refractivity contribution is 5.97. The molecule has 10 heteroatoms. The number of aromatic carboxylic acids is 1. The molecule has 2 saturated heterocycles. The maximum atomic E-state index is 15.6. The molecule has 9 nitrogen and oxygen atoms in total. The van der Waals surface area contributed by atoms with Gasteiger partial charge in [0.2, 0.25) is 5.43 Å². The second-order valence-corrected chi connectivity index (χ2v) is 9.51.